The number of amides is 1. The monoisotopic (exact) mass is 498 g/mol. The van der Waals surface area contributed by atoms with Gasteiger partial charge in [-0.2, -0.15) is 13.2 Å². The van der Waals surface area contributed by atoms with E-state index >= 15 is 0 Å². The summed E-state index contributed by atoms with van der Waals surface area (Å²) in [6.07, 6.45) is -4.70. The maximum absolute atomic E-state index is 13.4. The molecule has 0 aliphatic heterocycles. The maximum atomic E-state index is 13.4. The number of alkyl halides is 3. The van der Waals surface area contributed by atoms with Crippen LogP contribution in [0.3, 0.4) is 0 Å². The molecule has 0 heterocycles. The Morgan fingerprint density at radius 1 is 1.03 bits per heavy atom. The van der Waals surface area contributed by atoms with E-state index in [0.29, 0.717) is 11.1 Å². The quantitative estimate of drug-likeness (QED) is 0.464. The Bertz CT molecular complexity index is 1240. The number of halogens is 4. The van der Waals surface area contributed by atoms with Crippen molar-refractivity contribution in [1.29, 1.82) is 0 Å². The molecule has 1 amide bonds. The molecule has 0 saturated carbocycles. The van der Waals surface area contributed by atoms with Gasteiger partial charge < -0.3 is 10.6 Å². The van der Waals surface area contributed by atoms with Crippen LogP contribution in [0.25, 0.3) is 0 Å². The minimum atomic E-state index is -4.70. The van der Waals surface area contributed by atoms with Crippen LogP contribution < -0.4 is 15.8 Å². The van der Waals surface area contributed by atoms with Gasteiger partial charge in [-0.05, 0) is 30.3 Å². The van der Waals surface area contributed by atoms with Crippen molar-refractivity contribution in [3.05, 3.63) is 94.5 Å². The summed E-state index contributed by atoms with van der Waals surface area (Å²) in [5.41, 5.74) is -0.172. The normalized spacial score (nSPS) is 12.9. The summed E-state index contributed by atoms with van der Waals surface area (Å²) >= 11 is 5.71. The Morgan fingerprint density at radius 2 is 1.67 bits per heavy atom. The number of nitrogens with one attached hydrogen (secondary N) is 1. The van der Waals surface area contributed by atoms with Gasteiger partial charge in [-0.15, -0.1) is 0 Å². The van der Waals surface area contributed by atoms with Gasteiger partial charge in [0.1, 0.15) is 6.54 Å². The standard InChI is InChI=1S/C22H19ClF3N3O3S/c23-16-8-11-19(18(12-16)22(24,25)26)29-21(30)20(15-4-2-1-3-5-15)28-13-14-6-9-17(10-7-14)33(27,31)32/h1-12,20,28H,13H2,(H,29,30)(H2,27,31,32)/p+1/t20-/m0/s1. The minimum absolute atomic E-state index is 0.0500. The summed E-state index contributed by atoms with van der Waals surface area (Å²) in [6.45, 7) is 0.255. The van der Waals surface area contributed by atoms with E-state index in [-0.39, 0.29) is 16.5 Å². The molecule has 3 rings (SSSR count). The number of hydrogen-bond acceptors (Lipinski definition) is 3. The van der Waals surface area contributed by atoms with Gasteiger partial charge >= 0.3 is 6.18 Å². The number of rotatable bonds is 7. The molecule has 0 spiro atoms. The first-order valence-corrected chi connectivity index (χ1v) is 11.6. The first kappa shape index (κ1) is 24.7. The lowest BCUT2D eigenvalue weighted by molar-refractivity contribution is -0.697. The van der Waals surface area contributed by atoms with Crippen molar-refractivity contribution in [3.63, 3.8) is 0 Å². The van der Waals surface area contributed by atoms with Gasteiger partial charge in [-0.1, -0.05) is 54.1 Å². The largest absolute Gasteiger partial charge is 0.418 e. The van der Waals surface area contributed by atoms with Crippen molar-refractivity contribution >= 4 is 33.2 Å². The second-order valence-electron chi connectivity index (χ2n) is 7.19. The topological polar surface area (TPSA) is 106 Å². The minimum Gasteiger partial charge on any atom is -0.328 e. The molecule has 0 aromatic heterocycles. The molecular formula is C22H20ClF3N3O3S+. The van der Waals surface area contributed by atoms with Crippen LogP contribution in [0.15, 0.2) is 77.7 Å². The van der Waals surface area contributed by atoms with E-state index in [1.54, 1.807) is 47.8 Å². The number of sulfonamides is 1. The third-order valence-corrected chi connectivity index (χ3v) is 5.99. The van der Waals surface area contributed by atoms with E-state index in [0.717, 1.165) is 12.1 Å². The summed E-state index contributed by atoms with van der Waals surface area (Å²) in [4.78, 5) is 13.0. The van der Waals surface area contributed by atoms with Crippen molar-refractivity contribution in [2.45, 2.75) is 23.7 Å². The molecule has 0 aliphatic rings. The number of carbonyl (C=O) groups excluding carboxylic acids is 1. The van der Waals surface area contributed by atoms with Crippen LogP contribution in [0.5, 0.6) is 0 Å². The van der Waals surface area contributed by atoms with Crippen molar-refractivity contribution in [3.8, 4) is 0 Å². The lowest BCUT2D eigenvalue weighted by Gasteiger charge is -2.19. The van der Waals surface area contributed by atoms with Crippen molar-refractivity contribution in [1.82, 2.24) is 0 Å². The molecule has 1 atom stereocenters. The number of carbonyl (C=O) groups is 1. The zero-order valence-electron chi connectivity index (χ0n) is 17.0. The Morgan fingerprint density at radius 3 is 2.24 bits per heavy atom. The van der Waals surface area contributed by atoms with Crippen molar-refractivity contribution in [2.24, 2.45) is 5.14 Å². The molecule has 0 bridgehead atoms. The highest BCUT2D eigenvalue weighted by Gasteiger charge is 2.35. The Balaban J connectivity index is 1.84. The Hall–Kier alpha value is -2.92. The third-order valence-electron chi connectivity index (χ3n) is 4.83. The molecule has 6 nitrogen and oxygen atoms in total. The highest BCUT2D eigenvalue weighted by molar-refractivity contribution is 7.89. The molecule has 0 radical (unpaired) electrons. The highest BCUT2D eigenvalue weighted by atomic mass is 35.5. The summed E-state index contributed by atoms with van der Waals surface area (Å²) in [5.74, 6) is -0.657. The van der Waals surface area contributed by atoms with Crippen LogP contribution in [0.2, 0.25) is 5.02 Å². The summed E-state index contributed by atoms with van der Waals surface area (Å²) in [5, 5.41) is 8.99. The van der Waals surface area contributed by atoms with Crippen LogP contribution in [-0.2, 0) is 27.5 Å². The highest BCUT2D eigenvalue weighted by Crippen LogP contribution is 2.36. The first-order chi connectivity index (χ1) is 15.4. The number of anilines is 1. The van der Waals surface area contributed by atoms with Gasteiger partial charge in [0, 0.05) is 16.1 Å². The number of hydrogen-bond donors (Lipinski definition) is 3. The van der Waals surface area contributed by atoms with Gasteiger partial charge in [-0.25, -0.2) is 13.6 Å². The smallest absolute Gasteiger partial charge is 0.328 e. The number of benzene rings is 3. The molecular weight excluding hydrogens is 479 g/mol. The van der Waals surface area contributed by atoms with Crippen LogP contribution in [0.4, 0.5) is 18.9 Å². The third kappa shape index (κ3) is 6.55. The van der Waals surface area contributed by atoms with Gasteiger partial charge in [0.25, 0.3) is 5.91 Å². The maximum Gasteiger partial charge on any atom is 0.418 e. The van der Waals surface area contributed by atoms with E-state index in [4.69, 9.17) is 16.7 Å². The lowest BCUT2D eigenvalue weighted by atomic mass is 10.0. The van der Waals surface area contributed by atoms with Crippen LogP contribution >= 0.6 is 11.6 Å². The van der Waals surface area contributed by atoms with Gasteiger partial charge in [0.2, 0.25) is 10.0 Å². The van der Waals surface area contributed by atoms with Gasteiger partial charge in [0.05, 0.1) is 16.1 Å². The van der Waals surface area contributed by atoms with Gasteiger partial charge in [0.15, 0.2) is 6.04 Å². The lowest BCUT2D eigenvalue weighted by Crippen LogP contribution is -2.85. The molecule has 0 aliphatic carbocycles. The summed E-state index contributed by atoms with van der Waals surface area (Å²) in [6, 6.07) is 16.6. The molecule has 33 heavy (non-hydrogen) atoms. The molecule has 3 aromatic carbocycles. The van der Waals surface area contributed by atoms with E-state index in [1.165, 1.54) is 18.2 Å². The second kappa shape index (κ2) is 9.92. The molecule has 5 N–H and O–H groups in total. The van der Waals surface area contributed by atoms with E-state index in [1.807, 2.05) is 0 Å². The van der Waals surface area contributed by atoms with E-state index < -0.39 is 39.4 Å². The fourth-order valence-corrected chi connectivity index (χ4v) is 3.88. The first-order valence-electron chi connectivity index (χ1n) is 9.63. The fraction of sp³-hybridized carbons (Fsp3) is 0.136. The zero-order valence-corrected chi connectivity index (χ0v) is 18.6. The Kier molecular flexibility index (Phi) is 7.43. The molecule has 174 valence electrons. The predicted octanol–water partition coefficient (Wildman–Crippen LogP) is 3.45. The zero-order chi connectivity index (χ0) is 24.2. The second-order valence-corrected chi connectivity index (χ2v) is 9.19. The number of quaternary nitrogens is 1. The average molecular weight is 499 g/mol. The molecule has 3 aromatic rings. The van der Waals surface area contributed by atoms with Crippen molar-refractivity contribution in [2.75, 3.05) is 5.32 Å². The van der Waals surface area contributed by atoms with E-state index in [9.17, 15) is 26.4 Å². The Labute approximate surface area is 193 Å². The van der Waals surface area contributed by atoms with Gasteiger partial charge in [-0.3, -0.25) is 4.79 Å². The predicted molar refractivity (Wildman–Crippen MR) is 118 cm³/mol. The van der Waals surface area contributed by atoms with Crippen LogP contribution in [0, 0.1) is 0 Å². The molecule has 0 fully saturated rings. The van der Waals surface area contributed by atoms with Crippen LogP contribution in [0.1, 0.15) is 22.7 Å². The summed E-state index contributed by atoms with van der Waals surface area (Å²) in [7, 11) is -3.84. The molecule has 0 unspecified atom stereocenters. The number of nitrogens with two attached hydrogens (primary N) is 2. The van der Waals surface area contributed by atoms with Crippen LogP contribution in [-0.4, -0.2) is 14.3 Å². The van der Waals surface area contributed by atoms with E-state index in [2.05, 4.69) is 5.32 Å². The number of primary sulfonamides is 1. The average Bonchev–Trinajstić information content (AvgIpc) is 2.75. The SMILES string of the molecule is NS(=O)(=O)c1ccc(C[NH2+][C@H](C(=O)Nc2ccc(Cl)cc2C(F)(F)F)c2ccccc2)cc1. The summed E-state index contributed by atoms with van der Waals surface area (Å²) < 4.78 is 63.1. The fourth-order valence-electron chi connectivity index (χ4n) is 3.19. The van der Waals surface area contributed by atoms with Crippen molar-refractivity contribution < 1.29 is 31.7 Å². The molecule has 11 heteroatoms. The molecule has 0 saturated heterocycles.